The Balaban J connectivity index is 1.42. The van der Waals surface area contributed by atoms with Gasteiger partial charge in [-0.1, -0.05) is 30.7 Å². The molecule has 9 heteroatoms. The molecule has 3 aliphatic rings. The van der Waals surface area contributed by atoms with E-state index < -0.39 is 10.0 Å². The highest BCUT2D eigenvalue weighted by molar-refractivity contribution is 7.89. The Labute approximate surface area is 225 Å². The monoisotopic (exact) mass is 539 g/mol. The first-order valence-corrected chi connectivity index (χ1v) is 15.3. The van der Waals surface area contributed by atoms with E-state index in [1.807, 2.05) is 23.1 Å². The number of carbonyl (C=O) groups is 2. The van der Waals surface area contributed by atoms with Crippen LogP contribution in [0, 0.1) is 11.8 Å². The van der Waals surface area contributed by atoms with Crippen LogP contribution in [0.4, 0.5) is 11.4 Å². The Bertz CT molecular complexity index is 1280. The second-order valence-corrected chi connectivity index (χ2v) is 12.3. The zero-order chi connectivity index (χ0) is 26.7. The van der Waals surface area contributed by atoms with Gasteiger partial charge < -0.3 is 15.0 Å². The Kier molecular flexibility index (Phi) is 8.04. The van der Waals surface area contributed by atoms with Gasteiger partial charge in [0.2, 0.25) is 15.9 Å². The van der Waals surface area contributed by atoms with Gasteiger partial charge in [-0.2, -0.15) is 0 Å². The zero-order valence-corrected chi connectivity index (χ0v) is 22.8. The number of amides is 1. The minimum absolute atomic E-state index is 0.00602. The summed E-state index contributed by atoms with van der Waals surface area (Å²) in [5.74, 6) is -0.430. The summed E-state index contributed by atoms with van der Waals surface area (Å²) in [5.41, 5.74) is 3.27. The van der Waals surface area contributed by atoms with Crippen LogP contribution in [0.1, 0.15) is 69.0 Å². The second kappa shape index (κ2) is 11.5. The lowest BCUT2D eigenvalue weighted by atomic mass is 9.85. The van der Waals surface area contributed by atoms with Crippen LogP contribution < -0.4 is 14.9 Å². The molecule has 1 amide bonds. The molecule has 0 bridgehead atoms. The van der Waals surface area contributed by atoms with Gasteiger partial charge in [0, 0.05) is 30.7 Å². The Morgan fingerprint density at radius 1 is 0.974 bits per heavy atom. The second-order valence-electron chi connectivity index (χ2n) is 10.6. The number of aryl methyl sites for hydroxylation is 1. The van der Waals surface area contributed by atoms with E-state index in [2.05, 4.69) is 16.1 Å². The maximum Gasteiger partial charge on any atom is 0.309 e. The van der Waals surface area contributed by atoms with Gasteiger partial charge in [0.15, 0.2) is 0 Å². The van der Waals surface area contributed by atoms with Crippen LogP contribution in [-0.4, -0.2) is 40.0 Å². The fourth-order valence-electron chi connectivity index (χ4n) is 5.73. The molecule has 1 atom stereocenters. The van der Waals surface area contributed by atoms with E-state index in [1.54, 1.807) is 25.1 Å². The molecule has 2 fully saturated rings. The molecule has 204 valence electrons. The van der Waals surface area contributed by atoms with Gasteiger partial charge in [0.1, 0.15) is 4.90 Å². The van der Waals surface area contributed by atoms with Crippen molar-refractivity contribution in [1.29, 1.82) is 0 Å². The highest BCUT2D eigenvalue weighted by Gasteiger charge is 2.32. The first kappa shape index (κ1) is 26.7. The standard InChI is InChI=1S/C29H37N3O5S/c1-2-37-29(34)22-15-17-32(18-16-22)26-14-13-23(30-28(33)21-9-5-10-21)19-27(26)38(35,36)31-25-12-6-8-20-7-3-4-11-24(20)25/h3-4,7,11,13-14,19,21-22,25,31H,2,5-6,8-10,12,15-18H2,1H3,(H,30,33)/t25-/m1/s1. The van der Waals surface area contributed by atoms with Crippen LogP contribution in [0.15, 0.2) is 47.4 Å². The summed E-state index contributed by atoms with van der Waals surface area (Å²) in [6.45, 7) is 3.25. The Morgan fingerprint density at radius 2 is 1.74 bits per heavy atom. The molecular weight excluding hydrogens is 502 g/mol. The number of sulfonamides is 1. The van der Waals surface area contributed by atoms with Crippen LogP contribution in [0.2, 0.25) is 0 Å². The average molecular weight is 540 g/mol. The average Bonchev–Trinajstić information content (AvgIpc) is 2.88. The number of piperidine rings is 1. The van der Waals surface area contributed by atoms with Gasteiger partial charge >= 0.3 is 5.97 Å². The van der Waals surface area contributed by atoms with Crippen molar-refractivity contribution in [2.75, 3.05) is 29.9 Å². The summed E-state index contributed by atoms with van der Waals surface area (Å²) in [6.07, 6.45) is 6.57. The van der Waals surface area contributed by atoms with Crippen LogP contribution in [0.5, 0.6) is 0 Å². The van der Waals surface area contributed by atoms with E-state index in [0.717, 1.165) is 44.1 Å². The molecule has 0 radical (unpaired) electrons. The molecule has 5 rings (SSSR count). The van der Waals surface area contributed by atoms with Crippen molar-refractivity contribution in [3.05, 3.63) is 53.6 Å². The Hall–Kier alpha value is -2.91. The predicted molar refractivity (Wildman–Crippen MR) is 146 cm³/mol. The molecule has 0 spiro atoms. The molecule has 1 heterocycles. The van der Waals surface area contributed by atoms with E-state index >= 15 is 0 Å². The van der Waals surface area contributed by atoms with E-state index in [1.165, 1.54) is 5.56 Å². The van der Waals surface area contributed by atoms with Gasteiger partial charge in [0.25, 0.3) is 0 Å². The molecule has 2 aromatic rings. The molecule has 1 saturated heterocycles. The largest absolute Gasteiger partial charge is 0.466 e. The van der Waals surface area contributed by atoms with Crippen molar-refractivity contribution in [1.82, 2.24) is 4.72 Å². The fourth-order valence-corrected chi connectivity index (χ4v) is 7.23. The number of fused-ring (bicyclic) bond motifs is 1. The molecule has 1 saturated carbocycles. The van der Waals surface area contributed by atoms with Gasteiger partial charge in [0.05, 0.1) is 18.2 Å². The van der Waals surface area contributed by atoms with Crippen molar-refractivity contribution in [2.45, 2.75) is 69.2 Å². The number of hydrogen-bond donors (Lipinski definition) is 2. The Morgan fingerprint density at radius 3 is 2.45 bits per heavy atom. The molecule has 2 aliphatic carbocycles. The lowest BCUT2D eigenvalue weighted by Crippen LogP contribution is -2.38. The van der Waals surface area contributed by atoms with Crippen LogP contribution in [0.25, 0.3) is 0 Å². The first-order chi connectivity index (χ1) is 18.4. The lowest BCUT2D eigenvalue weighted by Gasteiger charge is -2.34. The molecule has 0 unspecified atom stereocenters. The van der Waals surface area contributed by atoms with Gasteiger partial charge in [-0.05, 0) is 81.2 Å². The third-order valence-corrected chi connectivity index (χ3v) is 9.62. The molecular formula is C29H37N3O5S. The van der Waals surface area contributed by atoms with Crippen molar-refractivity contribution in [3.63, 3.8) is 0 Å². The summed E-state index contributed by atoms with van der Waals surface area (Å²) in [5, 5.41) is 2.93. The summed E-state index contributed by atoms with van der Waals surface area (Å²) in [7, 11) is -3.93. The van der Waals surface area contributed by atoms with Gasteiger partial charge in [-0.25, -0.2) is 13.1 Å². The van der Waals surface area contributed by atoms with Crippen molar-refractivity contribution >= 4 is 33.3 Å². The highest BCUT2D eigenvalue weighted by Crippen LogP contribution is 2.36. The third kappa shape index (κ3) is 5.73. The number of hydrogen-bond acceptors (Lipinski definition) is 6. The quantitative estimate of drug-likeness (QED) is 0.477. The van der Waals surface area contributed by atoms with E-state index in [-0.39, 0.29) is 34.6 Å². The third-order valence-electron chi connectivity index (χ3n) is 8.12. The zero-order valence-electron chi connectivity index (χ0n) is 21.9. The van der Waals surface area contributed by atoms with Crippen LogP contribution in [-0.2, 0) is 30.8 Å². The molecule has 38 heavy (non-hydrogen) atoms. The number of anilines is 2. The molecule has 1 aliphatic heterocycles. The number of nitrogens with zero attached hydrogens (tertiary/aromatic N) is 1. The number of rotatable bonds is 8. The van der Waals surface area contributed by atoms with Crippen LogP contribution >= 0.6 is 0 Å². The van der Waals surface area contributed by atoms with Crippen molar-refractivity contribution in [3.8, 4) is 0 Å². The number of carbonyl (C=O) groups excluding carboxylic acids is 2. The maximum atomic E-state index is 13.9. The van der Waals surface area contributed by atoms with E-state index in [0.29, 0.717) is 43.9 Å². The van der Waals surface area contributed by atoms with Gasteiger partial charge in [-0.3, -0.25) is 9.59 Å². The van der Waals surface area contributed by atoms with E-state index in [4.69, 9.17) is 4.74 Å². The lowest BCUT2D eigenvalue weighted by molar-refractivity contribution is -0.148. The topological polar surface area (TPSA) is 105 Å². The summed E-state index contributed by atoms with van der Waals surface area (Å²) in [6, 6.07) is 12.8. The fraction of sp³-hybridized carbons (Fsp3) is 0.517. The minimum Gasteiger partial charge on any atom is -0.466 e. The molecule has 2 N–H and O–H groups in total. The summed E-state index contributed by atoms with van der Waals surface area (Å²) < 4.78 is 36.1. The minimum atomic E-state index is -3.93. The molecule has 2 aromatic carbocycles. The van der Waals surface area contributed by atoms with E-state index in [9.17, 15) is 18.0 Å². The molecule has 8 nitrogen and oxygen atoms in total. The smallest absolute Gasteiger partial charge is 0.309 e. The van der Waals surface area contributed by atoms with Crippen LogP contribution in [0.3, 0.4) is 0 Å². The predicted octanol–water partition coefficient (Wildman–Crippen LogP) is 4.56. The summed E-state index contributed by atoms with van der Waals surface area (Å²) >= 11 is 0. The highest BCUT2D eigenvalue weighted by atomic mass is 32.2. The van der Waals surface area contributed by atoms with Crippen molar-refractivity contribution in [2.24, 2.45) is 11.8 Å². The number of esters is 1. The van der Waals surface area contributed by atoms with Gasteiger partial charge in [-0.15, -0.1) is 0 Å². The normalized spacial score (nSPS) is 20.3. The number of nitrogens with one attached hydrogen (secondary N) is 2. The van der Waals surface area contributed by atoms with Crippen molar-refractivity contribution < 1.29 is 22.7 Å². The summed E-state index contributed by atoms with van der Waals surface area (Å²) in [4.78, 5) is 27.0. The SMILES string of the molecule is CCOC(=O)C1CCN(c2ccc(NC(=O)C3CCC3)cc2S(=O)(=O)N[C@@H]2CCCc3ccccc32)CC1. The molecule has 0 aromatic heterocycles. The number of ether oxygens (including phenoxy) is 1. The number of benzene rings is 2. The maximum absolute atomic E-state index is 13.9. The first-order valence-electron chi connectivity index (χ1n) is 13.8.